The Kier molecular flexibility index (Phi) is 3.97. The van der Waals surface area contributed by atoms with E-state index in [0.717, 1.165) is 18.7 Å². The fourth-order valence-electron chi connectivity index (χ4n) is 2.51. The highest BCUT2D eigenvalue weighted by Gasteiger charge is 2.28. The average molecular weight is 344 g/mol. The van der Waals surface area contributed by atoms with Gasteiger partial charge in [0.1, 0.15) is 5.75 Å². The quantitative estimate of drug-likeness (QED) is 0.675. The molecule has 0 bridgehead atoms. The third kappa shape index (κ3) is 3.14. The van der Waals surface area contributed by atoms with Crippen LogP contribution in [0.2, 0.25) is 0 Å². The number of nitrogens with zero attached hydrogens (tertiary/aromatic N) is 4. The molecule has 2 heterocycles. The first-order chi connectivity index (χ1) is 11.7. The number of benzene rings is 1. The highest BCUT2D eigenvalue weighted by molar-refractivity contribution is 7.84. The van der Waals surface area contributed by atoms with Crippen LogP contribution in [0.15, 0.2) is 39.9 Å². The lowest BCUT2D eigenvalue weighted by molar-refractivity contribution is 0.384. The van der Waals surface area contributed by atoms with Gasteiger partial charge in [-0.05, 0) is 25.0 Å². The molecule has 0 unspecified atom stereocenters. The second-order valence-electron chi connectivity index (χ2n) is 5.87. The van der Waals surface area contributed by atoms with Crippen molar-refractivity contribution in [2.24, 2.45) is 0 Å². The fourth-order valence-corrected chi connectivity index (χ4v) is 3.45. The van der Waals surface area contributed by atoms with Crippen LogP contribution in [-0.2, 0) is 23.1 Å². The summed E-state index contributed by atoms with van der Waals surface area (Å²) in [5.74, 6) is 2.09. The Bertz CT molecular complexity index is 961. The zero-order valence-corrected chi connectivity index (χ0v) is 13.7. The first-order valence-electron chi connectivity index (χ1n) is 7.82. The molecule has 1 aliphatic carbocycles. The van der Waals surface area contributed by atoms with Crippen molar-refractivity contribution < 1.29 is 8.73 Å². The first kappa shape index (κ1) is 15.2. The Morgan fingerprint density at radius 2 is 2.12 bits per heavy atom. The minimum atomic E-state index is -1.18. The topological polar surface area (TPSA) is 90.9 Å². The van der Waals surface area contributed by atoms with Gasteiger partial charge in [0.05, 0.1) is 17.2 Å². The number of hydrogen-bond acceptors (Lipinski definition) is 6. The molecule has 4 rings (SSSR count). The van der Waals surface area contributed by atoms with Crippen LogP contribution in [0.4, 0.5) is 0 Å². The SMILES string of the molecule is O=c1c2ccccc2ncn1CC[S@@](=O)Cc1nc(C2CC2)no1. The van der Waals surface area contributed by atoms with E-state index in [1.807, 2.05) is 6.07 Å². The van der Waals surface area contributed by atoms with Crippen molar-refractivity contribution in [1.29, 1.82) is 0 Å². The van der Waals surface area contributed by atoms with Crippen molar-refractivity contribution in [2.45, 2.75) is 31.1 Å². The Hall–Kier alpha value is -2.35. The molecular formula is C16H16N4O3S. The van der Waals surface area contributed by atoms with Gasteiger partial charge in [-0.15, -0.1) is 0 Å². The molecule has 1 aliphatic rings. The smallest absolute Gasteiger partial charge is 0.261 e. The maximum atomic E-state index is 12.4. The van der Waals surface area contributed by atoms with Gasteiger partial charge in [-0.25, -0.2) is 4.98 Å². The van der Waals surface area contributed by atoms with E-state index < -0.39 is 10.8 Å². The molecule has 0 spiro atoms. The second-order valence-corrected chi connectivity index (χ2v) is 7.45. The summed E-state index contributed by atoms with van der Waals surface area (Å²) in [7, 11) is -1.18. The molecule has 124 valence electrons. The van der Waals surface area contributed by atoms with E-state index in [2.05, 4.69) is 15.1 Å². The number of fused-ring (bicyclic) bond motifs is 1. The monoisotopic (exact) mass is 344 g/mol. The van der Waals surface area contributed by atoms with Crippen LogP contribution in [-0.4, -0.2) is 29.7 Å². The molecule has 3 aromatic rings. The van der Waals surface area contributed by atoms with Gasteiger partial charge in [0.25, 0.3) is 5.56 Å². The number of aromatic nitrogens is 4. The summed E-state index contributed by atoms with van der Waals surface area (Å²) in [5, 5.41) is 4.48. The minimum Gasteiger partial charge on any atom is -0.338 e. The van der Waals surface area contributed by atoms with Crippen molar-refractivity contribution in [3.05, 3.63) is 52.7 Å². The summed E-state index contributed by atoms with van der Waals surface area (Å²) in [6, 6.07) is 7.19. The molecule has 1 fully saturated rings. The molecule has 1 atom stereocenters. The van der Waals surface area contributed by atoms with Crippen molar-refractivity contribution in [3.63, 3.8) is 0 Å². The van der Waals surface area contributed by atoms with Gasteiger partial charge in [0.15, 0.2) is 5.82 Å². The van der Waals surface area contributed by atoms with Crippen molar-refractivity contribution >= 4 is 21.7 Å². The van der Waals surface area contributed by atoms with Crippen LogP contribution in [0.3, 0.4) is 0 Å². The van der Waals surface area contributed by atoms with Crippen molar-refractivity contribution in [2.75, 3.05) is 5.75 Å². The Morgan fingerprint density at radius 3 is 2.96 bits per heavy atom. The van der Waals surface area contributed by atoms with Crippen LogP contribution in [0.25, 0.3) is 10.9 Å². The van der Waals surface area contributed by atoms with Crippen LogP contribution < -0.4 is 5.56 Å². The average Bonchev–Trinajstić information content (AvgIpc) is 3.34. The number of aryl methyl sites for hydroxylation is 1. The Morgan fingerprint density at radius 1 is 1.29 bits per heavy atom. The summed E-state index contributed by atoms with van der Waals surface area (Å²) >= 11 is 0. The van der Waals surface area contributed by atoms with E-state index in [1.54, 1.807) is 18.2 Å². The molecule has 0 N–H and O–H groups in total. The molecule has 0 amide bonds. The van der Waals surface area contributed by atoms with E-state index in [1.165, 1.54) is 10.9 Å². The first-order valence-corrected chi connectivity index (χ1v) is 9.31. The molecule has 0 saturated heterocycles. The highest BCUT2D eigenvalue weighted by atomic mass is 32.2. The molecule has 2 aromatic heterocycles. The van der Waals surface area contributed by atoms with Gasteiger partial charge in [0.2, 0.25) is 5.89 Å². The summed E-state index contributed by atoms with van der Waals surface area (Å²) in [6.45, 7) is 0.340. The van der Waals surface area contributed by atoms with E-state index in [4.69, 9.17) is 4.52 Å². The standard InChI is InChI=1S/C16H16N4O3S/c21-16-12-3-1-2-4-13(12)17-10-20(16)7-8-24(22)9-14-18-15(19-23-14)11-5-6-11/h1-4,10-11H,5-9H2/t24-/m1/s1. The van der Waals surface area contributed by atoms with Crippen LogP contribution in [0.5, 0.6) is 0 Å². The van der Waals surface area contributed by atoms with Gasteiger partial charge in [-0.3, -0.25) is 13.6 Å². The van der Waals surface area contributed by atoms with Gasteiger partial charge in [-0.2, -0.15) is 4.98 Å². The molecule has 7 nitrogen and oxygen atoms in total. The number of para-hydroxylation sites is 1. The predicted octanol–water partition coefficient (Wildman–Crippen LogP) is 1.61. The third-order valence-corrected chi connectivity index (χ3v) is 5.21. The van der Waals surface area contributed by atoms with Crippen LogP contribution in [0.1, 0.15) is 30.5 Å². The van der Waals surface area contributed by atoms with E-state index >= 15 is 0 Å². The van der Waals surface area contributed by atoms with Gasteiger partial charge in [0, 0.05) is 29.0 Å². The molecule has 8 heteroatoms. The summed E-state index contributed by atoms with van der Waals surface area (Å²) in [6.07, 6.45) is 3.69. The van der Waals surface area contributed by atoms with Crippen LogP contribution >= 0.6 is 0 Å². The number of hydrogen-bond donors (Lipinski definition) is 0. The molecule has 1 saturated carbocycles. The Labute approximate surface area is 140 Å². The highest BCUT2D eigenvalue weighted by Crippen LogP contribution is 2.38. The van der Waals surface area contributed by atoms with E-state index in [0.29, 0.717) is 35.0 Å². The van der Waals surface area contributed by atoms with E-state index in [-0.39, 0.29) is 11.3 Å². The van der Waals surface area contributed by atoms with Gasteiger partial charge < -0.3 is 4.52 Å². The molecule has 24 heavy (non-hydrogen) atoms. The summed E-state index contributed by atoms with van der Waals surface area (Å²) < 4.78 is 18.8. The lowest BCUT2D eigenvalue weighted by Crippen LogP contribution is -2.23. The van der Waals surface area contributed by atoms with Crippen molar-refractivity contribution in [1.82, 2.24) is 19.7 Å². The normalized spacial score (nSPS) is 15.7. The molecule has 1 aromatic carbocycles. The number of rotatable bonds is 6. The maximum Gasteiger partial charge on any atom is 0.261 e. The van der Waals surface area contributed by atoms with Crippen LogP contribution in [0, 0.1) is 0 Å². The Balaban J connectivity index is 1.41. The van der Waals surface area contributed by atoms with Crippen molar-refractivity contribution in [3.8, 4) is 0 Å². The van der Waals surface area contributed by atoms with Gasteiger partial charge >= 0.3 is 0 Å². The minimum absolute atomic E-state index is 0.119. The van der Waals surface area contributed by atoms with Gasteiger partial charge in [-0.1, -0.05) is 17.3 Å². The zero-order chi connectivity index (χ0) is 16.5. The fraction of sp³-hybridized carbons (Fsp3) is 0.375. The maximum absolute atomic E-state index is 12.4. The molecule has 0 aliphatic heterocycles. The predicted molar refractivity (Wildman–Crippen MR) is 89.0 cm³/mol. The lowest BCUT2D eigenvalue weighted by atomic mass is 10.2. The lowest BCUT2D eigenvalue weighted by Gasteiger charge is -2.05. The summed E-state index contributed by atoms with van der Waals surface area (Å²) in [4.78, 5) is 20.9. The second kappa shape index (κ2) is 6.27. The zero-order valence-electron chi connectivity index (χ0n) is 12.9. The summed E-state index contributed by atoms with van der Waals surface area (Å²) in [5.41, 5.74) is 0.546. The largest absolute Gasteiger partial charge is 0.338 e. The van der Waals surface area contributed by atoms with E-state index in [9.17, 15) is 9.00 Å². The molecular weight excluding hydrogens is 328 g/mol. The molecule has 0 radical (unpaired) electrons. The third-order valence-electron chi connectivity index (χ3n) is 4.00.